The normalized spacial score (nSPS) is 27.6. The molecular weight excluding hydrogens is 285 g/mol. The third kappa shape index (κ3) is 2.37. The van der Waals surface area contributed by atoms with Gasteiger partial charge in [-0.2, -0.15) is 0 Å². The smallest absolute Gasteiger partial charge is 0.123 e. The molecule has 1 aliphatic carbocycles. The van der Waals surface area contributed by atoms with E-state index in [0.29, 0.717) is 5.41 Å². The minimum absolute atomic E-state index is 0.149. The van der Waals surface area contributed by atoms with Crippen molar-refractivity contribution in [1.82, 2.24) is 4.90 Å². The van der Waals surface area contributed by atoms with E-state index in [1.807, 2.05) is 18.2 Å². The van der Waals surface area contributed by atoms with Crippen molar-refractivity contribution >= 4 is 11.6 Å². The Kier molecular flexibility index (Phi) is 3.05. The third-order valence-electron chi connectivity index (χ3n) is 4.93. The lowest BCUT2D eigenvalue weighted by atomic mass is 9.95. The molecule has 0 N–H and O–H groups in total. The molecule has 0 spiro atoms. The monoisotopic (exact) mass is 301 g/mol. The Morgan fingerprint density at radius 2 is 2.00 bits per heavy atom. The first-order valence-corrected chi connectivity index (χ1v) is 7.76. The van der Waals surface area contributed by atoms with Crippen LogP contribution in [0.2, 0.25) is 5.02 Å². The first-order chi connectivity index (χ1) is 10.2. The van der Waals surface area contributed by atoms with Crippen molar-refractivity contribution in [3.8, 4) is 0 Å². The van der Waals surface area contributed by atoms with Gasteiger partial charge in [0.2, 0.25) is 0 Å². The SMILES string of the molecule is Fc1cccc(CN2CC3CC3(c3ccc(Cl)cc3)C2)c1. The summed E-state index contributed by atoms with van der Waals surface area (Å²) >= 11 is 5.98. The van der Waals surface area contributed by atoms with Gasteiger partial charge in [0.15, 0.2) is 0 Å². The van der Waals surface area contributed by atoms with Gasteiger partial charge in [-0.25, -0.2) is 4.39 Å². The lowest BCUT2D eigenvalue weighted by Crippen LogP contribution is -2.26. The van der Waals surface area contributed by atoms with Gasteiger partial charge in [0.05, 0.1) is 0 Å². The van der Waals surface area contributed by atoms with Crippen LogP contribution in [0.5, 0.6) is 0 Å². The molecule has 3 heteroatoms. The van der Waals surface area contributed by atoms with Crippen molar-refractivity contribution in [3.63, 3.8) is 0 Å². The lowest BCUT2D eigenvalue weighted by molar-refractivity contribution is 0.290. The van der Waals surface area contributed by atoms with Gasteiger partial charge < -0.3 is 0 Å². The Balaban J connectivity index is 1.49. The molecule has 0 amide bonds. The maximum Gasteiger partial charge on any atom is 0.123 e. The summed E-state index contributed by atoms with van der Waals surface area (Å²) in [6, 6.07) is 15.2. The minimum atomic E-state index is -0.149. The summed E-state index contributed by atoms with van der Waals surface area (Å²) in [4.78, 5) is 2.44. The zero-order valence-electron chi connectivity index (χ0n) is 11.7. The molecule has 0 bridgehead atoms. The van der Waals surface area contributed by atoms with Crippen LogP contribution >= 0.6 is 11.6 Å². The van der Waals surface area contributed by atoms with Crippen LogP contribution in [0.3, 0.4) is 0 Å². The molecule has 2 fully saturated rings. The zero-order valence-corrected chi connectivity index (χ0v) is 12.5. The molecule has 0 aromatic heterocycles. The molecule has 1 saturated heterocycles. The molecule has 1 nitrogen and oxygen atoms in total. The number of rotatable bonds is 3. The Bertz CT molecular complexity index is 669. The van der Waals surface area contributed by atoms with Crippen molar-refractivity contribution in [2.45, 2.75) is 18.4 Å². The Morgan fingerprint density at radius 3 is 2.76 bits per heavy atom. The number of hydrogen-bond donors (Lipinski definition) is 0. The van der Waals surface area contributed by atoms with Gasteiger partial charge in [-0.15, -0.1) is 0 Å². The van der Waals surface area contributed by atoms with E-state index in [0.717, 1.165) is 36.1 Å². The first kappa shape index (κ1) is 13.3. The predicted molar refractivity (Wildman–Crippen MR) is 82.9 cm³/mol. The molecule has 4 rings (SSSR count). The Morgan fingerprint density at radius 1 is 1.19 bits per heavy atom. The largest absolute Gasteiger partial charge is 0.298 e. The van der Waals surface area contributed by atoms with Crippen LogP contribution in [0.25, 0.3) is 0 Å². The van der Waals surface area contributed by atoms with Crippen LogP contribution < -0.4 is 0 Å². The summed E-state index contributed by atoms with van der Waals surface area (Å²) in [6.07, 6.45) is 1.27. The van der Waals surface area contributed by atoms with E-state index in [9.17, 15) is 4.39 Å². The molecule has 1 heterocycles. The van der Waals surface area contributed by atoms with Crippen molar-refractivity contribution < 1.29 is 4.39 Å². The predicted octanol–water partition coefficient (Wildman–Crippen LogP) is 4.25. The molecule has 2 aromatic rings. The topological polar surface area (TPSA) is 3.24 Å². The second-order valence-electron chi connectivity index (χ2n) is 6.36. The maximum absolute atomic E-state index is 13.3. The zero-order chi connectivity index (χ0) is 14.4. The van der Waals surface area contributed by atoms with E-state index in [1.54, 1.807) is 12.1 Å². The first-order valence-electron chi connectivity index (χ1n) is 7.39. The van der Waals surface area contributed by atoms with Gasteiger partial charge >= 0.3 is 0 Å². The molecule has 108 valence electrons. The van der Waals surface area contributed by atoms with E-state index in [1.165, 1.54) is 18.1 Å². The summed E-state index contributed by atoms with van der Waals surface area (Å²) in [7, 11) is 0. The van der Waals surface area contributed by atoms with Gasteiger partial charge in [-0.05, 0) is 47.7 Å². The molecule has 2 atom stereocenters. The minimum Gasteiger partial charge on any atom is -0.298 e. The fourth-order valence-corrected chi connectivity index (χ4v) is 3.96. The molecule has 2 aliphatic rings. The highest BCUT2D eigenvalue weighted by atomic mass is 35.5. The molecule has 2 aromatic carbocycles. The van der Waals surface area contributed by atoms with Gasteiger partial charge in [0.25, 0.3) is 0 Å². The fourth-order valence-electron chi connectivity index (χ4n) is 3.83. The average molecular weight is 302 g/mol. The van der Waals surface area contributed by atoms with Crippen molar-refractivity contribution in [2.24, 2.45) is 5.92 Å². The Labute approximate surface area is 129 Å². The molecule has 0 radical (unpaired) electrons. The highest BCUT2D eigenvalue weighted by Crippen LogP contribution is 2.59. The van der Waals surface area contributed by atoms with Gasteiger partial charge in [-0.3, -0.25) is 4.90 Å². The maximum atomic E-state index is 13.3. The standard InChI is InChI=1S/C18H17ClFN/c19-16-6-4-14(5-7-16)18-9-15(18)11-21(12-18)10-13-2-1-3-17(20)8-13/h1-8,15H,9-12H2. The molecular formula is C18H17ClFN. The summed E-state index contributed by atoms with van der Waals surface area (Å²) in [5, 5.41) is 0.793. The van der Waals surface area contributed by atoms with Crippen molar-refractivity contribution in [3.05, 3.63) is 70.5 Å². The van der Waals surface area contributed by atoms with E-state index in [4.69, 9.17) is 11.6 Å². The van der Waals surface area contributed by atoms with E-state index >= 15 is 0 Å². The second-order valence-corrected chi connectivity index (χ2v) is 6.80. The number of halogens is 2. The molecule has 21 heavy (non-hydrogen) atoms. The highest BCUT2D eigenvalue weighted by Gasteiger charge is 2.60. The highest BCUT2D eigenvalue weighted by molar-refractivity contribution is 6.30. The fraction of sp³-hybridized carbons (Fsp3) is 0.333. The number of likely N-dealkylation sites (tertiary alicyclic amines) is 1. The van der Waals surface area contributed by atoms with Gasteiger partial charge in [-0.1, -0.05) is 35.9 Å². The lowest BCUT2D eigenvalue weighted by Gasteiger charge is -2.21. The van der Waals surface area contributed by atoms with E-state index < -0.39 is 0 Å². The number of benzene rings is 2. The second kappa shape index (κ2) is 4.82. The number of hydrogen-bond acceptors (Lipinski definition) is 1. The quantitative estimate of drug-likeness (QED) is 0.819. The van der Waals surface area contributed by atoms with Crippen LogP contribution in [0.4, 0.5) is 4.39 Å². The summed E-state index contributed by atoms with van der Waals surface area (Å²) in [5.74, 6) is 0.594. The number of fused-ring (bicyclic) bond motifs is 1. The number of nitrogens with zero attached hydrogens (tertiary/aromatic N) is 1. The van der Waals surface area contributed by atoms with Crippen LogP contribution in [0.1, 0.15) is 17.5 Å². The summed E-state index contributed by atoms with van der Waals surface area (Å²) in [6.45, 7) is 3.01. The van der Waals surface area contributed by atoms with Crippen LogP contribution in [-0.2, 0) is 12.0 Å². The van der Waals surface area contributed by atoms with Crippen LogP contribution in [-0.4, -0.2) is 18.0 Å². The van der Waals surface area contributed by atoms with Crippen molar-refractivity contribution in [2.75, 3.05) is 13.1 Å². The summed E-state index contributed by atoms with van der Waals surface area (Å²) in [5.41, 5.74) is 2.78. The third-order valence-corrected chi connectivity index (χ3v) is 5.18. The molecule has 2 unspecified atom stereocenters. The molecule has 1 aliphatic heterocycles. The van der Waals surface area contributed by atoms with Crippen LogP contribution in [0.15, 0.2) is 48.5 Å². The van der Waals surface area contributed by atoms with Gasteiger partial charge in [0, 0.05) is 30.1 Å². The molecule has 1 saturated carbocycles. The average Bonchev–Trinajstić information content (AvgIpc) is 3.02. The van der Waals surface area contributed by atoms with Crippen LogP contribution in [0, 0.1) is 11.7 Å². The van der Waals surface area contributed by atoms with Gasteiger partial charge in [0.1, 0.15) is 5.82 Å². The van der Waals surface area contributed by atoms with E-state index in [2.05, 4.69) is 17.0 Å². The van der Waals surface area contributed by atoms with E-state index in [-0.39, 0.29) is 5.82 Å². The Hall–Kier alpha value is -1.38. The van der Waals surface area contributed by atoms with Crippen molar-refractivity contribution in [1.29, 1.82) is 0 Å². The summed E-state index contributed by atoms with van der Waals surface area (Å²) < 4.78 is 13.3. The number of piperidine rings is 1.